The fourth-order valence-corrected chi connectivity index (χ4v) is 3.59. The molecule has 1 saturated heterocycles. The highest BCUT2D eigenvalue weighted by atomic mass is 16.5. The van der Waals surface area contributed by atoms with E-state index in [9.17, 15) is 19.2 Å². The molecule has 1 N–H and O–H groups in total. The van der Waals surface area contributed by atoms with Crippen LogP contribution in [0.25, 0.3) is 0 Å². The molecule has 0 radical (unpaired) electrons. The smallest absolute Gasteiger partial charge is 0.326 e. The van der Waals surface area contributed by atoms with Crippen LogP contribution in [-0.4, -0.2) is 56.0 Å². The van der Waals surface area contributed by atoms with Gasteiger partial charge < -0.3 is 19.5 Å². The first-order chi connectivity index (χ1) is 14.4. The number of amides is 3. The molecule has 1 aliphatic carbocycles. The predicted molar refractivity (Wildman–Crippen MR) is 104 cm³/mol. The zero-order valence-electron chi connectivity index (χ0n) is 16.9. The third kappa shape index (κ3) is 4.61. The number of ether oxygens (including phenoxy) is 3. The van der Waals surface area contributed by atoms with Crippen molar-refractivity contribution in [1.29, 1.82) is 0 Å². The number of likely N-dealkylation sites (tertiary alicyclic amines) is 1. The van der Waals surface area contributed by atoms with Gasteiger partial charge in [-0.25, -0.2) is 0 Å². The monoisotopic (exact) mass is 416 g/mol. The van der Waals surface area contributed by atoms with Crippen LogP contribution in [0.4, 0.5) is 0 Å². The summed E-state index contributed by atoms with van der Waals surface area (Å²) in [7, 11) is 3.04. The highest BCUT2D eigenvalue weighted by Gasteiger charge is 2.47. The van der Waals surface area contributed by atoms with Gasteiger partial charge in [-0.3, -0.25) is 24.1 Å². The molecule has 0 saturated carbocycles. The van der Waals surface area contributed by atoms with E-state index in [0.29, 0.717) is 24.3 Å². The standard InChI is InChI=1S/C21H24N2O7/c1-28-16-8-7-13(9-17(16)29-2)10-22-18(24)12-30-19(25)11-23-20(26)14-5-3-4-6-15(14)21(23)27/h3-4,7-9,14-15H,5-6,10-12H2,1-2H3,(H,22,24)/t14-,15-/m1/s1. The van der Waals surface area contributed by atoms with Gasteiger partial charge in [0, 0.05) is 6.54 Å². The summed E-state index contributed by atoms with van der Waals surface area (Å²) in [5.74, 6) is -1.72. The maximum atomic E-state index is 12.3. The third-order valence-corrected chi connectivity index (χ3v) is 5.19. The molecule has 2 aliphatic rings. The fourth-order valence-electron chi connectivity index (χ4n) is 3.59. The van der Waals surface area contributed by atoms with Crippen molar-refractivity contribution in [2.24, 2.45) is 11.8 Å². The molecule has 1 aliphatic heterocycles. The van der Waals surface area contributed by atoms with Gasteiger partial charge in [-0.05, 0) is 30.5 Å². The lowest BCUT2D eigenvalue weighted by atomic mass is 9.85. The molecule has 9 heteroatoms. The first kappa shape index (κ1) is 21.4. The molecule has 9 nitrogen and oxygen atoms in total. The number of carbonyl (C=O) groups excluding carboxylic acids is 4. The van der Waals surface area contributed by atoms with Crippen molar-refractivity contribution >= 4 is 23.7 Å². The second-order valence-corrected chi connectivity index (χ2v) is 7.05. The van der Waals surface area contributed by atoms with Crippen LogP contribution in [0.2, 0.25) is 0 Å². The Bertz CT molecular complexity index is 854. The Morgan fingerprint density at radius 3 is 2.27 bits per heavy atom. The molecule has 1 heterocycles. The Hall–Kier alpha value is -3.36. The highest BCUT2D eigenvalue weighted by molar-refractivity contribution is 6.07. The Morgan fingerprint density at radius 1 is 1.03 bits per heavy atom. The fraction of sp³-hybridized carbons (Fsp3) is 0.429. The molecule has 0 spiro atoms. The second-order valence-electron chi connectivity index (χ2n) is 7.05. The van der Waals surface area contributed by atoms with E-state index in [1.165, 1.54) is 14.2 Å². The number of nitrogens with one attached hydrogen (secondary N) is 1. The SMILES string of the molecule is COc1ccc(CNC(=O)COC(=O)CN2C(=O)[C@@H]3CC=CC[C@H]3C2=O)cc1OC. The highest BCUT2D eigenvalue weighted by Crippen LogP contribution is 2.34. The van der Waals surface area contributed by atoms with Crippen LogP contribution in [-0.2, 0) is 30.5 Å². The lowest BCUT2D eigenvalue weighted by Crippen LogP contribution is -2.38. The normalized spacial score (nSPS) is 20.0. The average molecular weight is 416 g/mol. The number of nitrogens with zero attached hydrogens (tertiary/aromatic N) is 1. The van der Waals surface area contributed by atoms with Crippen molar-refractivity contribution in [3.8, 4) is 11.5 Å². The minimum Gasteiger partial charge on any atom is -0.493 e. The number of esters is 1. The zero-order valence-corrected chi connectivity index (χ0v) is 16.9. The summed E-state index contributed by atoms with van der Waals surface area (Å²) >= 11 is 0. The van der Waals surface area contributed by atoms with Crippen molar-refractivity contribution in [3.05, 3.63) is 35.9 Å². The summed E-state index contributed by atoms with van der Waals surface area (Å²) in [6, 6.07) is 5.22. The van der Waals surface area contributed by atoms with Crippen LogP contribution >= 0.6 is 0 Å². The van der Waals surface area contributed by atoms with E-state index in [1.807, 2.05) is 12.2 Å². The minimum atomic E-state index is -0.801. The summed E-state index contributed by atoms with van der Waals surface area (Å²) in [6.07, 6.45) is 4.74. The first-order valence-electron chi connectivity index (χ1n) is 9.58. The quantitative estimate of drug-likeness (QED) is 0.379. The van der Waals surface area contributed by atoms with Gasteiger partial charge >= 0.3 is 5.97 Å². The van der Waals surface area contributed by atoms with E-state index in [-0.39, 0.29) is 18.4 Å². The van der Waals surface area contributed by atoms with Gasteiger partial charge in [0.2, 0.25) is 11.8 Å². The van der Waals surface area contributed by atoms with Crippen molar-refractivity contribution in [1.82, 2.24) is 10.2 Å². The summed E-state index contributed by atoms with van der Waals surface area (Å²) in [5.41, 5.74) is 0.775. The lowest BCUT2D eigenvalue weighted by Gasteiger charge is -2.14. The number of fused-ring (bicyclic) bond motifs is 1. The zero-order chi connectivity index (χ0) is 21.7. The van der Waals surface area contributed by atoms with Crippen LogP contribution in [0.1, 0.15) is 18.4 Å². The Kier molecular flexibility index (Phi) is 6.71. The van der Waals surface area contributed by atoms with E-state index in [2.05, 4.69) is 5.32 Å². The van der Waals surface area contributed by atoms with E-state index in [1.54, 1.807) is 18.2 Å². The minimum absolute atomic E-state index is 0.205. The molecule has 3 amide bonds. The van der Waals surface area contributed by atoms with Crippen LogP contribution in [0.5, 0.6) is 11.5 Å². The van der Waals surface area contributed by atoms with Gasteiger partial charge in [-0.2, -0.15) is 0 Å². The molecule has 3 rings (SSSR count). The first-order valence-corrected chi connectivity index (χ1v) is 9.58. The number of rotatable bonds is 8. The number of hydrogen-bond acceptors (Lipinski definition) is 7. The van der Waals surface area contributed by atoms with Gasteiger partial charge in [-0.15, -0.1) is 0 Å². The molecular weight excluding hydrogens is 392 g/mol. The molecule has 0 unspecified atom stereocenters. The summed E-state index contributed by atoms with van der Waals surface area (Å²) in [6.45, 7) is -0.777. The van der Waals surface area contributed by atoms with Crippen molar-refractivity contribution in [3.63, 3.8) is 0 Å². The van der Waals surface area contributed by atoms with Crippen LogP contribution in [0.15, 0.2) is 30.4 Å². The van der Waals surface area contributed by atoms with Crippen LogP contribution in [0.3, 0.4) is 0 Å². The molecule has 2 atom stereocenters. The van der Waals surface area contributed by atoms with E-state index < -0.39 is 36.9 Å². The van der Waals surface area contributed by atoms with Crippen LogP contribution in [0, 0.1) is 11.8 Å². The Morgan fingerprint density at radius 2 is 1.67 bits per heavy atom. The van der Waals surface area contributed by atoms with Gasteiger partial charge in [0.15, 0.2) is 18.1 Å². The van der Waals surface area contributed by atoms with Crippen molar-refractivity contribution in [2.75, 3.05) is 27.4 Å². The Labute approximate surface area is 174 Å². The molecular formula is C21H24N2O7. The van der Waals surface area contributed by atoms with E-state index in [4.69, 9.17) is 14.2 Å². The summed E-state index contributed by atoms with van der Waals surface area (Å²) in [5, 5.41) is 2.63. The molecule has 30 heavy (non-hydrogen) atoms. The van der Waals surface area contributed by atoms with Gasteiger partial charge in [0.05, 0.1) is 26.1 Å². The molecule has 1 fully saturated rings. The molecule has 0 bridgehead atoms. The Balaban J connectivity index is 1.44. The van der Waals surface area contributed by atoms with Crippen LogP contribution < -0.4 is 14.8 Å². The maximum Gasteiger partial charge on any atom is 0.326 e. The maximum absolute atomic E-state index is 12.3. The number of hydrogen-bond donors (Lipinski definition) is 1. The van der Waals surface area contributed by atoms with Gasteiger partial charge in [0.1, 0.15) is 6.54 Å². The van der Waals surface area contributed by atoms with Crippen molar-refractivity contribution in [2.45, 2.75) is 19.4 Å². The lowest BCUT2D eigenvalue weighted by molar-refractivity contribution is -0.154. The molecule has 0 aromatic heterocycles. The summed E-state index contributed by atoms with van der Waals surface area (Å²) < 4.78 is 15.3. The third-order valence-electron chi connectivity index (χ3n) is 5.19. The van der Waals surface area contributed by atoms with Gasteiger partial charge in [0.25, 0.3) is 5.91 Å². The van der Waals surface area contributed by atoms with Gasteiger partial charge in [-0.1, -0.05) is 18.2 Å². The topological polar surface area (TPSA) is 111 Å². The molecule has 1 aromatic carbocycles. The van der Waals surface area contributed by atoms with E-state index in [0.717, 1.165) is 10.5 Å². The number of methoxy groups -OCH3 is 2. The average Bonchev–Trinajstić information content (AvgIpc) is 3.01. The molecule has 1 aromatic rings. The number of carbonyl (C=O) groups is 4. The largest absolute Gasteiger partial charge is 0.493 e. The second kappa shape index (κ2) is 9.43. The number of allylic oxidation sites excluding steroid dienone is 2. The number of benzene rings is 1. The summed E-state index contributed by atoms with van der Waals surface area (Å²) in [4.78, 5) is 49.6. The predicted octanol–water partition coefficient (Wildman–Crippen LogP) is 0.814. The number of imide groups is 1. The van der Waals surface area contributed by atoms with E-state index >= 15 is 0 Å². The van der Waals surface area contributed by atoms with Crippen molar-refractivity contribution < 1.29 is 33.4 Å². The molecule has 160 valence electrons.